The highest BCUT2D eigenvalue weighted by molar-refractivity contribution is 6.11. The second kappa shape index (κ2) is 11.1. The van der Waals surface area contributed by atoms with Crippen molar-refractivity contribution in [3.05, 3.63) is 169 Å². The first-order valence-corrected chi connectivity index (χ1v) is 15.0. The zero-order chi connectivity index (χ0) is 30.2. The van der Waals surface area contributed by atoms with Crippen molar-refractivity contribution in [3.63, 3.8) is 0 Å². The average Bonchev–Trinajstić information content (AvgIpc) is 3.45. The van der Waals surface area contributed by atoms with Crippen LogP contribution in [0.2, 0.25) is 0 Å². The van der Waals surface area contributed by atoms with Gasteiger partial charge in [0.05, 0.1) is 22.7 Å². The molecule has 8 aromatic rings. The number of nitrogens with zero attached hydrogens (tertiary/aromatic N) is 3. The van der Waals surface area contributed by atoms with Gasteiger partial charge in [-0.15, -0.1) is 0 Å². The summed E-state index contributed by atoms with van der Waals surface area (Å²) < 4.78 is 2.33. The van der Waals surface area contributed by atoms with E-state index < -0.39 is 0 Å². The lowest BCUT2D eigenvalue weighted by atomic mass is 9.94. The Kier molecular flexibility index (Phi) is 6.52. The number of hydrogen-bond donors (Lipinski definition) is 0. The smallest absolute Gasteiger partial charge is 0.146 e. The second-order valence-corrected chi connectivity index (χ2v) is 11.1. The van der Waals surface area contributed by atoms with E-state index in [1.807, 2.05) is 36.5 Å². The molecule has 0 spiro atoms. The van der Waals surface area contributed by atoms with Crippen molar-refractivity contribution in [1.82, 2.24) is 9.55 Å². The van der Waals surface area contributed by atoms with E-state index in [0.717, 1.165) is 50.2 Å². The Labute approximate surface area is 261 Å². The van der Waals surface area contributed by atoms with Gasteiger partial charge in [0, 0.05) is 22.5 Å². The van der Waals surface area contributed by atoms with Crippen LogP contribution >= 0.6 is 0 Å². The van der Waals surface area contributed by atoms with Crippen LogP contribution in [0, 0.1) is 11.3 Å². The summed E-state index contributed by atoms with van der Waals surface area (Å²) in [5.41, 5.74) is 11.7. The summed E-state index contributed by atoms with van der Waals surface area (Å²) in [6.45, 7) is 0. The third-order valence-corrected chi connectivity index (χ3v) is 8.51. The molecule has 0 unspecified atom stereocenters. The molecule has 0 radical (unpaired) electrons. The van der Waals surface area contributed by atoms with Crippen LogP contribution in [-0.4, -0.2) is 9.55 Å². The Morgan fingerprint density at radius 1 is 0.467 bits per heavy atom. The highest BCUT2D eigenvalue weighted by Crippen LogP contribution is 2.41. The third kappa shape index (κ3) is 4.66. The van der Waals surface area contributed by atoms with Gasteiger partial charge in [-0.05, 0) is 69.3 Å². The molecule has 45 heavy (non-hydrogen) atoms. The van der Waals surface area contributed by atoms with Gasteiger partial charge < -0.3 is 0 Å². The maximum absolute atomic E-state index is 9.45. The first-order valence-electron chi connectivity index (χ1n) is 15.0. The molecule has 0 aliphatic rings. The van der Waals surface area contributed by atoms with E-state index in [0.29, 0.717) is 5.56 Å². The van der Waals surface area contributed by atoms with Gasteiger partial charge in [0.2, 0.25) is 0 Å². The standard InChI is InChI=1S/C42H27N3/c43-28-29-16-18-32(19-17-29)36-24-25-44-42(41(36)33-14-8-3-9-15-33)45-39-26-34(30-10-4-1-5-11-30)20-22-37(39)38-23-21-35(27-40(38)45)31-12-6-2-7-13-31/h1-27H. The van der Waals surface area contributed by atoms with Gasteiger partial charge in [0.25, 0.3) is 0 Å². The number of hydrogen-bond acceptors (Lipinski definition) is 2. The highest BCUT2D eigenvalue weighted by Gasteiger charge is 2.21. The second-order valence-electron chi connectivity index (χ2n) is 11.1. The fraction of sp³-hybridized carbons (Fsp3) is 0. The maximum Gasteiger partial charge on any atom is 0.146 e. The highest BCUT2D eigenvalue weighted by atomic mass is 15.1. The number of nitriles is 1. The SMILES string of the molecule is N#Cc1ccc(-c2ccnc(-n3c4cc(-c5ccccc5)ccc4c4ccc(-c5ccccc5)cc43)c2-c2ccccc2)cc1. The molecule has 0 saturated carbocycles. The van der Waals surface area contributed by atoms with Gasteiger partial charge in [0.15, 0.2) is 0 Å². The van der Waals surface area contributed by atoms with Crippen molar-refractivity contribution in [1.29, 1.82) is 5.26 Å². The van der Waals surface area contributed by atoms with Gasteiger partial charge in [-0.1, -0.05) is 127 Å². The van der Waals surface area contributed by atoms with Crippen LogP contribution in [0.4, 0.5) is 0 Å². The van der Waals surface area contributed by atoms with E-state index >= 15 is 0 Å². The molecule has 0 aliphatic carbocycles. The predicted molar refractivity (Wildman–Crippen MR) is 185 cm³/mol. The molecule has 210 valence electrons. The van der Waals surface area contributed by atoms with Gasteiger partial charge in [-0.2, -0.15) is 5.26 Å². The zero-order valence-corrected chi connectivity index (χ0v) is 24.4. The molecule has 3 heteroatoms. The summed E-state index contributed by atoms with van der Waals surface area (Å²) >= 11 is 0. The molecule has 0 saturated heterocycles. The lowest BCUT2D eigenvalue weighted by Gasteiger charge is -2.18. The van der Waals surface area contributed by atoms with Crippen molar-refractivity contribution in [3.8, 4) is 56.4 Å². The Balaban J connectivity index is 1.48. The summed E-state index contributed by atoms with van der Waals surface area (Å²) in [4.78, 5) is 5.13. The van der Waals surface area contributed by atoms with Crippen LogP contribution in [-0.2, 0) is 0 Å². The predicted octanol–water partition coefficient (Wildman–Crippen LogP) is 10.7. The molecule has 0 amide bonds. The monoisotopic (exact) mass is 573 g/mol. The fourth-order valence-electron chi connectivity index (χ4n) is 6.34. The molecule has 6 aromatic carbocycles. The summed E-state index contributed by atoms with van der Waals surface area (Å²) in [7, 11) is 0. The van der Waals surface area contributed by atoms with Crippen molar-refractivity contribution >= 4 is 21.8 Å². The Morgan fingerprint density at radius 2 is 0.956 bits per heavy atom. The lowest BCUT2D eigenvalue weighted by molar-refractivity contribution is 1.08. The normalized spacial score (nSPS) is 11.1. The quantitative estimate of drug-likeness (QED) is 0.205. The largest absolute Gasteiger partial charge is 0.293 e. The van der Waals surface area contributed by atoms with Crippen LogP contribution in [0.5, 0.6) is 0 Å². The van der Waals surface area contributed by atoms with Gasteiger partial charge in [-0.25, -0.2) is 4.98 Å². The van der Waals surface area contributed by atoms with E-state index in [2.05, 4.69) is 138 Å². The molecular formula is C42H27N3. The van der Waals surface area contributed by atoms with E-state index in [4.69, 9.17) is 4.98 Å². The van der Waals surface area contributed by atoms with Crippen LogP contribution in [0.25, 0.3) is 72.1 Å². The lowest BCUT2D eigenvalue weighted by Crippen LogP contribution is -2.02. The van der Waals surface area contributed by atoms with Crippen molar-refractivity contribution in [2.45, 2.75) is 0 Å². The van der Waals surface area contributed by atoms with E-state index in [9.17, 15) is 5.26 Å². The Bertz CT molecular complexity index is 2250. The molecule has 0 fully saturated rings. The zero-order valence-electron chi connectivity index (χ0n) is 24.4. The minimum absolute atomic E-state index is 0.638. The molecule has 0 atom stereocenters. The molecule has 2 aromatic heterocycles. The molecule has 8 rings (SSSR count). The summed E-state index contributed by atoms with van der Waals surface area (Å²) in [6.07, 6.45) is 1.90. The van der Waals surface area contributed by atoms with E-state index in [1.165, 1.54) is 21.9 Å². The van der Waals surface area contributed by atoms with Gasteiger partial charge in [-0.3, -0.25) is 4.57 Å². The molecular weight excluding hydrogens is 546 g/mol. The number of pyridine rings is 1. The molecule has 0 aliphatic heterocycles. The average molecular weight is 574 g/mol. The maximum atomic E-state index is 9.45. The van der Waals surface area contributed by atoms with Gasteiger partial charge >= 0.3 is 0 Å². The summed E-state index contributed by atoms with van der Waals surface area (Å²) in [6, 6.07) is 57.1. The van der Waals surface area contributed by atoms with Crippen LogP contribution in [0.3, 0.4) is 0 Å². The molecule has 0 bridgehead atoms. The number of benzene rings is 6. The summed E-state index contributed by atoms with van der Waals surface area (Å²) in [5.74, 6) is 0.860. The molecule has 3 nitrogen and oxygen atoms in total. The van der Waals surface area contributed by atoms with Crippen molar-refractivity contribution in [2.75, 3.05) is 0 Å². The minimum Gasteiger partial charge on any atom is -0.293 e. The molecule has 0 N–H and O–H groups in total. The van der Waals surface area contributed by atoms with E-state index in [1.54, 1.807) is 0 Å². The molecule has 2 heterocycles. The number of aromatic nitrogens is 2. The van der Waals surface area contributed by atoms with Crippen molar-refractivity contribution in [2.24, 2.45) is 0 Å². The Hall–Kier alpha value is -6.24. The van der Waals surface area contributed by atoms with Crippen LogP contribution in [0.1, 0.15) is 5.56 Å². The fourth-order valence-corrected chi connectivity index (χ4v) is 6.34. The summed E-state index contributed by atoms with van der Waals surface area (Å²) in [5, 5.41) is 11.8. The van der Waals surface area contributed by atoms with Crippen LogP contribution in [0.15, 0.2) is 164 Å². The first-order chi connectivity index (χ1) is 22.3. The van der Waals surface area contributed by atoms with Crippen molar-refractivity contribution < 1.29 is 0 Å². The topological polar surface area (TPSA) is 41.6 Å². The van der Waals surface area contributed by atoms with Gasteiger partial charge in [0.1, 0.15) is 5.82 Å². The third-order valence-electron chi connectivity index (χ3n) is 8.51. The Morgan fingerprint density at radius 3 is 1.47 bits per heavy atom. The van der Waals surface area contributed by atoms with E-state index in [-0.39, 0.29) is 0 Å². The van der Waals surface area contributed by atoms with Crippen LogP contribution < -0.4 is 0 Å². The number of fused-ring (bicyclic) bond motifs is 3. The minimum atomic E-state index is 0.638. The number of rotatable bonds is 5. The first kappa shape index (κ1) is 26.4.